The van der Waals surface area contributed by atoms with Gasteiger partial charge in [-0.1, -0.05) is 65.0 Å². The number of carboxylic acids is 1. The molecule has 262 valence electrons. The van der Waals surface area contributed by atoms with Crippen LogP contribution in [0.2, 0.25) is 0 Å². The smallest absolute Gasteiger partial charge is 0.335 e. The summed E-state index contributed by atoms with van der Waals surface area (Å²) in [6, 6.07) is 6.60. The molecular formula is C41H56F2N2O3. The van der Waals surface area contributed by atoms with Gasteiger partial charge in [0.25, 0.3) is 5.92 Å². The third kappa shape index (κ3) is 4.75. The van der Waals surface area contributed by atoms with Crippen LogP contribution in [0.5, 0.6) is 0 Å². The number of hydrogen-bond donors (Lipinski definition) is 3. The lowest BCUT2D eigenvalue weighted by molar-refractivity contribution is -0.219. The maximum atomic E-state index is 14.1. The summed E-state index contributed by atoms with van der Waals surface area (Å²) in [5.74, 6) is -1.88. The van der Waals surface area contributed by atoms with Gasteiger partial charge in [-0.2, -0.15) is 0 Å². The standard InChI is InChI=1S/C41H56F2N2O3/c1-24(2)27-14-19-40(45-34(46)30-22-41(42,43)23-44-30)21-20-38(6)29(33(27)40)12-13-32-37(5)17-15-28(25-8-10-26(11-9-25)35(47)48)36(3,4)31(37)16-18-39(32,38)7/h8-11,15,27,29-33,44H,1,12-14,16-23H2,2-7H3,(H,45,46)(H,47,48). The van der Waals surface area contributed by atoms with Crippen LogP contribution in [0.4, 0.5) is 8.78 Å². The molecule has 1 aliphatic heterocycles. The lowest BCUT2D eigenvalue weighted by Gasteiger charge is -2.72. The highest BCUT2D eigenvalue weighted by atomic mass is 19.3. The Hall–Kier alpha value is -2.54. The minimum atomic E-state index is -2.84. The van der Waals surface area contributed by atoms with E-state index >= 15 is 0 Å². The van der Waals surface area contributed by atoms with Crippen molar-refractivity contribution in [3.8, 4) is 0 Å². The van der Waals surface area contributed by atoms with Gasteiger partial charge in [-0.25, -0.2) is 13.6 Å². The molecule has 0 bridgehead atoms. The van der Waals surface area contributed by atoms with Crippen LogP contribution in [0.3, 0.4) is 0 Å². The van der Waals surface area contributed by atoms with Gasteiger partial charge in [0.15, 0.2) is 0 Å². The Morgan fingerprint density at radius 1 is 0.917 bits per heavy atom. The zero-order chi connectivity index (χ0) is 34.7. The molecule has 3 N–H and O–H groups in total. The average Bonchev–Trinajstić information content (AvgIpc) is 3.57. The number of allylic oxidation sites excluding steroid dienone is 3. The fourth-order valence-corrected chi connectivity index (χ4v) is 13.5. The van der Waals surface area contributed by atoms with Crippen molar-refractivity contribution in [2.75, 3.05) is 6.54 Å². The van der Waals surface area contributed by atoms with E-state index in [1.165, 1.54) is 17.6 Å². The molecular weight excluding hydrogens is 606 g/mol. The average molecular weight is 663 g/mol. The van der Waals surface area contributed by atoms with Gasteiger partial charge in [0, 0.05) is 12.0 Å². The van der Waals surface area contributed by atoms with Crippen molar-refractivity contribution in [1.82, 2.24) is 10.6 Å². The van der Waals surface area contributed by atoms with Crippen molar-refractivity contribution in [1.29, 1.82) is 0 Å². The molecule has 5 fully saturated rings. The fourth-order valence-electron chi connectivity index (χ4n) is 13.5. The molecule has 1 amide bonds. The SMILES string of the molecule is C=C(C)C1CCC2(NC(=O)C3CC(F)(F)CN3)CCC3(C)C(CCC4C5(C)CC=C(c6ccc(C(=O)O)cc6)C(C)(C)C5CCC43C)C12. The van der Waals surface area contributed by atoms with Gasteiger partial charge < -0.3 is 10.4 Å². The van der Waals surface area contributed by atoms with Crippen LogP contribution < -0.4 is 10.6 Å². The van der Waals surface area contributed by atoms with E-state index in [9.17, 15) is 23.5 Å². The van der Waals surface area contributed by atoms with Crippen LogP contribution in [0.1, 0.15) is 122 Å². The molecule has 7 heteroatoms. The summed E-state index contributed by atoms with van der Waals surface area (Å²) in [7, 11) is 0. The zero-order valence-electron chi connectivity index (χ0n) is 29.9. The topological polar surface area (TPSA) is 78.4 Å². The molecule has 48 heavy (non-hydrogen) atoms. The first-order chi connectivity index (χ1) is 22.4. The van der Waals surface area contributed by atoms with Crippen molar-refractivity contribution < 1.29 is 23.5 Å². The van der Waals surface area contributed by atoms with Crippen molar-refractivity contribution in [3.05, 3.63) is 53.6 Å². The van der Waals surface area contributed by atoms with Crippen LogP contribution in [0.15, 0.2) is 42.5 Å². The summed E-state index contributed by atoms with van der Waals surface area (Å²) in [6.45, 7) is 18.7. The molecule has 5 aliphatic carbocycles. The second-order valence-electron chi connectivity index (χ2n) is 18.3. The van der Waals surface area contributed by atoms with Crippen LogP contribution in [-0.2, 0) is 4.79 Å². The fraction of sp³-hybridized carbons (Fsp3) is 0.707. The summed E-state index contributed by atoms with van der Waals surface area (Å²) in [4.78, 5) is 25.1. The molecule has 5 nitrogen and oxygen atoms in total. The van der Waals surface area contributed by atoms with E-state index in [2.05, 4.69) is 64.8 Å². The van der Waals surface area contributed by atoms with Gasteiger partial charge in [-0.3, -0.25) is 10.1 Å². The second kappa shape index (κ2) is 11.0. The molecule has 10 atom stereocenters. The zero-order valence-corrected chi connectivity index (χ0v) is 29.9. The van der Waals surface area contributed by atoms with Crippen molar-refractivity contribution in [3.63, 3.8) is 0 Å². The molecule has 0 radical (unpaired) electrons. The highest BCUT2D eigenvalue weighted by Crippen LogP contribution is 2.76. The number of benzene rings is 1. The maximum Gasteiger partial charge on any atom is 0.335 e. The van der Waals surface area contributed by atoms with Crippen LogP contribution in [0, 0.1) is 51.2 Å². The second-order valence-corrected chi connectivity index (χ2v) is 18.3. The Bertz CT molecular complexity index is 1550. The van der Waals surface area contributed by atoms with E-state index in [1.807, 2.05) is 12.1 Å². The van der Waals surface area contributed by atoms with Crippen molar-refractivity contribution >= 4 is 17.4 Å². The third-order valence-corrected chi connectivity index (χ3v) is 15.9. The van der Waals surface area contributed by atoms with Gasteiger partial charge in [0.1, 0.15) is 0 Å². The van der Waals surface area contributed by atoms with Gasteiger partial charge in [-0.15, -0.1) is 0 Å². The lowest BCUT2D eigenvalue weighted by atomic mass is 9.33. The molecule has 0 spiro atoms. The number of amides is 1. The summed E-state index contributed by atoms with van der Waals surface area (Å²) < 4.78 is 28.2. The van der Waals surface area contributed by atoms with E-state index < -0.39 is 30.9 Å². The van der Waals surface area contributed by atoms with Crippen LogP contribution in [0.25, 0.3) is 5.57 Å². The Balaban J connectivity index is 1.20. The molecule has 1 aromatic rings. The van der Waals surface area contributed by atoms with Crippen LogP contribution >= 0.6 is 0 Å². The van der Waals surface area contributed by atoms with Gasteiger partial charge in [0.05, 0.1) is 18.2 Å². The summed E-state index contributed by atoms with van der Waals surface area (Å²) in [5.41, 5.74) is 3.94. The van der Waals surface area contributed by atoms with Gasteiger partial charge in [0.2, 0.25) is 5.91 Å². The van der Waals surface area contributed by atoms with E-state index in [4.69, 9.17) is 0 Å². The highest BCUT2D eigenvalue weighted by molar-refractivity contribution is 5.88. The number of aromatic carboxylic acids is 1. The normalized spacial score (nSPS) is 44.0. The Morgan fingerprint density at radius 3 is 2.25 bits per heavy atom. The lowest BCUT2D eigenvalue weighted by Crippen LogP contribution is -2.68. The Kier molecular flexibility index (Phi) is 7.76. The van der Waals surface area contributed by atoms with Gasteiger partial charge in [-0.05, 0) is 139 Å². The number of nitrogens with one attached hydrogen (secondary N) is 2. The van der Waals surface area contributed by atoms with E-state index in [0.717, 1.165) is 56.9 Å². The number of hydrogen-bond acceptors (Lipinski definition) is 3. The maximum absolute atomic E-state index is 14.1. The predicted octanol–water partition coefficient (Wildman–Crippen LogP) is 8.90. The van der Waals surface area contributed by atoms with E-state index in [1.54, 1.807) is 12.1 Å². The number of carboxylic acid groups (broad SMARTS) is 1. The third-order valence-electron chi connectivity index (χ3n) is 15.9. The Morgan fingerprint density at radius 2 is 1.62 bits per heavy atom. The quantitative estimate of drug-likeness (QED) is 0.275. The van der Waals surface area contributed by atoms with Crippen LogP contribution in [-0.4, -0.2) is 41.0 Å². The number of carbonyl (C=O) groups excluding carboxylic acids is 1. The molecule has 1 saturated heterocycles. The largest absolute Gasteiger partial charge is 0.478 e. The molecule has 6 aliphatic rings. The number of fused-ring (bicyclic) bond motifs is 7. The first-order valence-corrected chi connectivity index (χ1v) is 18.5. The first-order valence-electron chi connectivity index (χ1n) is 18.5. The molecule has 7 rings (SSSR count). The molecule has 0 aromatic heterocycles. The first kappa shape index (κ1) is 33.9. The number of rotatable bonds is 5. The summed E-state index contributed by atoms with van der Waals surface area (Å²) in [6.07, 6.45) is 11.5. The van der Waals surface area contributed by atoms with Crippen molar-refractivity contribution in [2.24, 2.45) is 51.2 Å². The van der Waals surface area contributed by atoms with Crippen molar-refractivity contribution in [2.45, 2.75) is 123 Å². The van der Waals surface area contributed by atoms with E-state index in [0.29, 0.717) is 29.2 Å². The Labute approximate surface area is 285 Å². The highest BCUT2D eigenvalue weighted by Gasteiger charge is 2.70. The minimum absolute atomic E-state index is 0.0512. The molecule has 1 aromatic carbocycles. The summed E-state index contributed by atoms with van der Waals surface area (Å²) in [5, 5.41) is 15.7. The number of halogens is 2. The monoisotopic (exact) mass is 662 g/mol. The molecule has 1 heterocycles. The molecule has 10 unspecified atom stereocenters. The van der Waals surface area contributed by atoms with Gasteiger partial charge >= 0.3 is 5.97 Å². The minimum Gasteiger partial charge on any atom is -0.478 e. The molecule has 4 saturated carbocycles. The number of carbonyl (C=O) groups is 2. The van der Waals surface area contributed by atoms with E-state index in [-0.39, 0.29) is 39.0 Å². The predicted molar refractivity (Wildman–Crippen MR) is 186 cm³/mol. The summed E-state index contributed by atoms with van der Waals surface area (Å²) >= 11 is 0. The number of alkyl halides is 2.